The Hall–Kier alpha value is -1.62. The van der Waals surface area contributed by atoms with Crippen LogP contribution in [-0.4, -0.2) is 35.4 Å². The van der Waals surface area contributed by atoms with Gasteiger partial charge in [-0.05, 0) is 55.8 Å². The van der Waals surface area contributed by atoms with Gasteiger partial charge in [0.25, 0.3) is 5.91 Å². The van der Waals surface area contributed by atoms with E-state index in [0.29, 0.717) is 22.3 Å². The fourth-order valence-corrected chi connectivity index (χ4v) is 3.43. The van der Waals surface area contributed by atoms with Crippen molar-refractivity contribution in [2.24, 2.45) is 0 Å². The number of pyridine rings is 1. The summed E-state index contributed by atoms with van der Waals surface area (Å²) in [5, 5.41) is 4.04. The van der Waals surface area contributed by atoms with Crippen LogP contribution in [0.4, 0.5) is 0 Å². The molecule has 1 fully saturated rings. The van der Waals surface area contributed by atoms with E-state index in [1.165, 1.54) is 19.0 Å². The molecule has 3 rings (SSSR count). The zero-order valence-corrected chi connectivity index (χ0v) is 14.7. The summed E-state index contributed by atoms with van der Waals surface area (Å²) in [6.45, 7) is 2.60. The van der Waals surface area contributed by atoms with E-state index in [4.69, 9.17) is 23.2 Å². The van der Waals surface area contributed by atoms with Gasteiger partial charge < -0.3 is 5.32 Å². The molecule has 2 heterocycles. The van der Waals surface area contributed by atoms with Crippen LogP contribution in [0.1, 0.15) is 34.8 Å². The van der Waals surface area contributed by atoms with Gasteiger partial charge in [-0.15, -0.1) is 0 Å². The Bertz CT molecular complexity index is 717. The molecule has 1 saturated heterocycles. The number of carbonyl (C=O) groups excluding carboxylic acids is 1. The fourth-order valence-electron chi connectivity index (χ4n) is 3.06. The van der Waals surface area contributed by atoms with E-state index >= 15 is 0 Å². The van der Waals surface area contributed by atoms with Crippen LogP contribution in [0.3, 0.4) is 0 Å². The molecule has 2 aromatic rings. The standard InChI is InChI=1S/C18H19Cl2N3O/c19-15-5-3-4-13(10-15)16(23-8-1-2-9-23)12-22-18(24)14-6-7-21-17(20)11-14/h3-7,10-11,16H,1-2,8-9,12H2,(H,22,24). The van der Waals surface area contributed by atoms with Crippen LogP contribution in [0.25, 0.3) is 0 Å². The lowest BCUT2D eigenvalue weighted by Crippen LogP contribution is -2.36. The quantitative estimate of drug-likeness (QED) is 0.817. The summed E-state index contributed by atoms with van der Waals surface area (Å²) < 4.78 is 0. The number of amides is 1. The Balaban J connectivity index is 1.73. The first kappa shape index (κ1) is 17.2. The highest BCUT2D eigenvalue weighted by Gasteiger charge is 2.24. The maximum Gasteiger partial charge on any atom is 0.251 e. The highest BCUT2D eigenvalue weighted by Crippen LogP contribution is 2.26. The van der Waals surface area contributed by atoms with Crippen molar-refractivity contribution in [3.63, 3.8) is 0 Å². The summed E-state index contributed by atoms with van der Waals surface area (Å²) in [4.78, 5) is 18.7. The summed E-state index contributed by atoms with van der Waals surface area (Å²) in [6, 6.07) is 11.2. The molecular formula is C18H19Cl2N3O. The highest BCUT2D eigenvalue weighted by molar-refractivity contribution is 6.30. The maximum atomic E-state index is 12.4. The number of nitrogens with one attached hydrogen (secondary N) is 1. The molecule has 1 amide bonds. The highest BCUT2D eigenvalue weighted by atomic mass is 35.5. The lowest BCUT2D eigenvalue weighted by molar-refractivity contribution is 0.0938. The third-order valence-corrected chi connectivity index (χ3v) is 4.70. The molecule has 0 aliphatic carbocycles. The van der Waals surface area contributed by atoms with Crippen molar-refractivity contribution in [3.05, 3.63) is 63.9 Å². The molecule has 1 aliphatic heterocycles. The minimum Gasteiger partial charge on any atom is -0.350 e. The third kappa shape index (κ3) is 4.26. The second-order valence-electron chi connectivity index (χ2n) is 5.89. The van der Waals surface area contributed by atoms with Crippen LogP contribution in [0.15, 0.2) is 42.6 Å². The van der Waals surface area contributed by atoms with Crippen molar-refractivity contribution >= 4 is 29.1 Å². The predicted molar refractivity (Wildman–Crippen MR) is 96.6 cm³/mol. The van der Waals surface area contributed by atoms with E-state index in [2.05, 4.69) is 21.3 Å². The van der Waals surface area contributed by atoms with Crippen LogP contribution in [0.5, 0.6) is 0 Å². The van der Waals surface area contributed by atoms with Crippen LogP contribution in [-0.2, 0) is 0 Å². The third-order valence-electron chi connectivity index (χ3n) is 4.26. The molecule has 1 unspecified atom stereocenters. The van der Waals surface area contributed by atoms with E-state index in [-0.39, 0.29) is 11.9 Å². The molecule has 1 aromatic heterocycles. The first-order valence-electron chi connectivity index (χ1n) is 8.03. The fraction of sp³-hybridized carbons (Fsp3) is 0.333. The Labute approximate surface area is 151 Å². The first-order chi connectivity index (χ1) is 11.6. The topological polar surface area (TPSA) is 45.2 Å². The van der Waals surface area contributed by atoms with Crippen molar-refractivity contribution in [2.45, 2.75) is 18.9 Å². The molecular weight excluding hydrogens is 345 g/mol. The molecule has 126 valence electrons. The van der Waals surface area contributed by atoms with Gasteiger partial charge in [-0.25, -0.2) is 4.98 Å². The zero-order valence-electron chi connectivity index (χ0n) is 13.2. The molecule has 24 heavy (non-hydrogen) atoms. The molecule has 0 radical (unpaired) electrons. The summed E-state index contributed by atoms with van der Waals surface area (Å²) in [6.07, 6.45) is 3.90. The zero-order chi connectivity index (χ0) is 16.9. The smallest absolute Gasteiger partial charge is 0.251 e. The number of aromatic nitrogens is 1. The number of hydrogen-bond acceptors (Lipinski definition) is 3. The molecule has 0 saturated carbocycles. The number of nitrogens with zero attached hydrogens (tertiary/aromatic N) is 2. The Morgan fingerprint density at radius 2 is 2.00 bits per heavy atom. The largest absolute Gasteiger partial charge is 0.350 e. The van der Waals surface area contributed by atoms with Crippen LogP contribution >= 0.6 is 23.2 Å². The number of hydrogen-bond donors (Lipinski definition) is 1. The van der Waals surface area contributed by atoms with Gasteiger partial charge in [-0.3, -0.25) is 9.69 Å². The van der Waals surface area contributed by atoms with E-state index in [0.717, 1.165) is 18.7 Å². The average Bonchev–Trinajstić information content (AvgIpc) is 3.09. The molecule has 1 atom stereocenters. The van der Waals surface area contributed by atoms with Crippen LogP contribution < -0.4 is 5.32 Å². The first-order valence-corrected chi connectivity index (χ1v) is 8.78. The molecule has 1 N–H and O–H groups in total. The molecule has 0 spiro atoms. The van der Waals surface area contributed by atoms with Crippen LogP contribution in [0, 0.1) is 0 Å². The summed E-state index contributed by atoms with van der Waals surface area (Å²) in [5.74, 6) is -0.148. The second-order valence-corrected chi connectivity index (χ2v) is 6.71. The number of halogens is 2. The van der Waals surface area contributed by atoms with Crippen molar-refractivity contribution in [3.8, 4) is 0 Å². The number of carbonyl (C=O) groups is 1. The lowest BCUT2D eigenvalue weighted by atomic mass is 10.1. The number of likely N-dealkylation sites (tertiary alicyclic amines) is 1. The Morgan fingerprint density at radius 1 is 1.21 bits per heavy atom. The monoisotopic (exact) mass is 363 g/mol. The number of benzene rings is 1. The normalized spacial score (nSPS) is 16.1. The maximum absolute atomic E-state index is 12.4. The van der Waals surface area contributed by atoms with Crippen molar-refractivity contribution in [1.29, 1.82) is 0 Å². The SMILES string of the molecule is O=C(NCC(c1cccc(Cl)c1)N1CCCC1)c1ccnc(Cl)c1. The van der Waals surface area contributed by atoms with E-state index in [1.54, 1.807) is 12.1 Å². The molecule has 1 aromatic carbocycles. The van der Waals surface area contributed by atoms with Crippen LogP contribution in [0.2, 0.25) is 10.2 Å². The van der Waals surface area contributed by atoms with E-state index in [1.807, 2.05) is 18.2 Å². The van der Waals surface area contributed by atoms with E-state index < -0.39 is 0 Å². The Morgan fingerprint density at radius 3 is 2.71 bits per heavy atom. The van der Waals surface area contributed by atoms with Gasteiger partial charge in [0.15, 0.2) is 0 Å². The van der Waals surface area contributed by atoms with Crippen molar-refractivity contribution in [1.82, 2.24) is 15.2 Å². The lowest BCUT2D eigenvalue weighted by Gasteiger charge is -2.28. The summed E-state index contributed by atoms with van der Waals surface area (Å²) >= 11 is 12.0. The van der Waals surface area contributed by atoms with E-state index in [9.17, 15) is 4.79 Å². The van der Waals surface area contributed by atoms with Gasteiger partial charge in [-0.1, -0.05) is 35.3 Å². The molecule has 0 bridgehead atoms. The average molecular weight is 364 g/mol. The molecule has 4 nitrogen and oxygen atoms in total. The van der Waals surface area contributed by atoms with Gasteiger partial charge in [-0.2, -0.15) is 0 Å². The van der Waals surface area contributed by atoms with Crippen molar-refractivity contribution < 1.29 is 4.79 Å². The van der Waals surface area contributed by atoms with Crippen molar-refractivity contribution in [2.75, 3.05) is 19.6 Å². The second kappa shape index (κ2) is 7.97. The molecule has 6 heteroatoms. The molecule has 1 aliphatic rings. The van der Waals surface area contributed by atoms with Gasteiger partial charge in [0.05, 0.1) is 6.04 Å². The minimum atomic E-state index is -0.148. The summed E-state index contributed by atoms with van der Waals surface area (Å²) in [5.41, 5.74) is 1.64. The Kier molecular flexibility index (Phi) is 5.72. The minimum absolute atomic E-state index is 0.118. The van der Waals surface area contributed by atoms with Gasteiger partial charge in [0, 0.05) is 23.3 Å². The van der Waals surface area contributed by atoms with Gasteiger partial charge >= 0.3 is 0 Å². The van der Waals surface area contributed by atoms with Gasteiger partial charge in [0.2, 0.25) is 0 Å². The summed E-state index contributed by atoms with van der Waals surface area (Å²) in [7, 11) is 0. The number of rotatable bonds is 5. The van der Waals surface area contributed by atoms with Gasteiger partial charge in [0.1, 0.15) is 5.15 Å². The predicted octanol–water partition coefficient (Wildman–Crippen LogP) is 3.96.